The van der Waals surface area contributed by atoms with Gasteiger partial charge in [0.2, 0.25) is 5.89 Å². The molecule has 3 rings (SSSR count). The summed E-state index contributed by atoms with van der Waals surface area (Å²) in [6.07, 6.45) is 1.80. The zero-order chi connectivity index (χ0) is 14.9. The number of fused-ring (bicyclic) bond motifs is 1. The molecule has 1 aromatic heterocycles. The van der Waals surface area contributed by atoms with Gasteiger partial charge in [-0.2, -0.15) is 0 Å². The van der Waals surface area contributed by atoms with Gasteiger partial charge in [-0.15, -0.1) is 0 Å². The average molecular weight is 280 g/mol. The quantitative estimate of drug-likeness (QED) is 0.773. The number of rotatable bonds is 3. The van der Waals surface area contributed by atoms with Gasteiger partial charge in [-0.25, -0.2) is 4.98 Å². The fourth-order valence-electron chi connectivity index (χ4n) is 2.21. The molecule has 1 N–H and O–H groups in total. The Balaban J connectivity index is 1.84. The van der Waals surface area contributed by atoms with Crippen molar-refractivity contribution in [1.29, 1.82) is 0 Å². The fourth-order valence-corrected chi connectivity index (χ4v) is 2.21. The molecule has 0 fully saturated rings. The first-order valence-electron chi connectivity index (χ1n) is 7.20. The van der Waals surface area contributed by atoms with Crippen LogP contribution in [0.15, 0.2) is 53.1 Å². The van der Waals surface area contributed by atoms with E-state index < -0.39 is 0 Å². The van der Waals surface area contributed by atoms with E-state index in [1.165, 1.54) is 10.8 Å². The molecule has 3 heteroatoms. The number of oxazole rings is 1. The smallest absolute Gasteiger partial charge is 0.208 e. The first-order chi connectivity index (χ1) is 10.0. The fraction of sp³-hybridized carbons (Fsp3) is 0.278. The van der Waals surface area contributed by atoms with E-state index >= 15 is 0 Å². The Morgan fingerprint density at radius 2 is 1.81 bits per heavy atom. The van der Waals surface area contributed by atoms with Gasteiger partial charge in [0.25, 0.3) is 0 Å². The van der Waals surface area contributed by atoms with Crippen molar-refractivity contribution < 1.29 is 4.42 Å². The van der Waals surface area contributed by atoms with E-state index in [-0.39, 0.29) is 5.54 Å². The molecular formula is C18H20N2O. The van der Waals surface area contributed by atoms with E-state index in [0.29, 0.717) is 12.4 Å². The van der Waals surface area contributed by atoms with E-state index in [0.717, 1.165) is 11.3 Å². The van der Waals surface area contributed by atoms with Crippen molar-refractivity contribution in [3.05, 3.63) is 54.6 Å². The highest BCUT2D eigenvalue weighted by atomic mass is 16.4. The minimum Gasteiger partial charge on any atom is -0.439 e. The Bertz CT molecular complexity index is 753. The number of nitrogens with zero attached hydrogens (tertiary/aromatic N) is 1. The molecule has 0 spiro atoms. The lowest BCUT2D eigenvalue weighted by Gasteiger charge is -2.18. The maximum Gasteiger partial charge on any atom is 0.208 e. The number of nitrogens with one attached hydrogen (secondary N) is 1. The maximum atomic E-state index is 5.84. The SMILES string of the molecule is CC(C)(C)NCc1ncc(-c2ccc3ccccc3c2)o1. The standard InChI is InChI=1S/C18H20N2O/c1-18(2,3)20-12-17-19-11-16(21-17)15-9-8-13-6-4-5-7-14(13)10-15/h4-11,20H,12H2,1-3H3. The molecule has 108 valence electrons. The van der Waals surface area contributed by atoms with Gasteiger partial charge in [0.15, 0.2) is 5.76 Å². The minimum absolute atomic E-state index is 0.0532. The van der Waals surface area contributed by atoms with E-state index in [2.05, 4.69) is 61.4 Å². The van der Waals surface area contributed by atoms with Crippen LogP contribution in [0.25, 0.3) is 22.1 Å². The van der Waals surface area contributed by atoms with Crippen LogP contribution in [0.2, 0.25) is 0 Å². The molecular weight excluding hydrogens is 260 g/mol. The molecule has 0 amide bonds. The molecule has 3 nitrogen and oxygen atoms in total. The summed E-state index contributed by atoms with van der Waals surface area (Å²) in [4.78, 5) is 4.35. The normalized spacial score (nSPS) is 12.0. The second kappa shape index (κ2) is 5.34. The maximum absolute atomic E-state index is 5.84. The van der Waals surface area contributed by atoms with Crippen LogP contribution < -0.4 is 5.32 Å². The Kier molecular flexibility index (Phi) is 3.52. The van der Waals surface area contributed by atoms with Crippen LogP contribution in [0.5, 0.6) is 0 Å². The van der Waals surface area contributed by atoms with Crippen LogP contribution in [0.3, 0.4) is 0 Å². The third kappa shape index (κ3) is 3.31. The Hall–Kier alpha value is -2.13. The highest BCUT2D eigenvalue weighted by Gasteiger charge is 2.12. The molecule has 3 aromatic rings. The Morgan fingerprint density at radius 3 is 2.57 bits per heavy atom. The summed E-state index contributed by atoms with van der Waals surface area (Å²) in [5.74, 6) is 1.53. The second-order valence-corrected chi connectivity index (χ2v) is 6.28. The van der Waals surface area contributed by atoms with Crippen molar-refractivity contribution in [2.24, 2.45) is 0 Å². The van der Waals surface area contributed by atoms with E-state index in [9.17, 15) is 0 Å². The summed E-state index contributed by atoms with van der Waals surface area (Å²) in [6, 6.07) is 14.6. The Labute approximate surface area is 125 Å². The van der Waals surface area contributed by atoms with Crippen molar-refractivity contribution in [3.63, 3.8) is 0 Å². The average Bonchev–Trinajstić information content (AvgIpc) is 2.93. The summed E-state index contributed by atoms with van der Waals surface area (Å²) >= 11 is 0. The van der Waals surface area contributed by atoms with Gasteiger partial charge in [0.1, 0.15) is 0 Å². The van der Waals surface area contributed by atoms with Gasteiger partial charge in [-0.1, -0.05) is 36.4 Å². The van der Waals surface area contributed by atoms with Gasteiger partial charge in [-0.05, 0) is 37.6 Å². The van der Waals surface area contributed by atoms with Crippen LogP contribution in [-0.2, 0) is 6.54 Å². The summed E-state index contributed by atoms with van der Waals surface area (Å²) in [6.45, 7) is 7.01. The molecule has 0 saturated heterocycles. The molecule has 0 saturated carbocycles. The predicted octanol–water partition coefficient (Wildman–Crippen LogP) is 4.38. The van der Waals surface area contributed by atoms with Gasteiger partial charge in [-0.3, -0.25) is 0 Å². The minimum atomic E-state index is 0.0532. The van der Waals surface area contributed by atoms with Crippen molar-refractivity contribution in [2.45, 2.75) is 32.9 Å². The van der Waals surface area contributed by atoms with E-state index in [1.54, 1.807) is 6.20 Å². The monoisotopic (exact) mass is 280 g/mol. The van der Waals surface area contributed by atoms with Gasteiger partial charge >= 0.3 is 0 Å². The van der Waals surface area contributed by atoms with Gasteiger partial charge < -0.3 is 9.73 Å². The summed E-state index contributed by atoms with van der Waals surface area (Å²) < 4.78 is 5.84. The summed E-state index contributed by atoms with van der Waals surface area (Å²) in [7, 11) is 0. The zero-order valence-corrected chi connectivity index (χ0v) is 12.7. The molecule has 0 bridgehead atoms. The molecule has 0 aliphatic rings. The summed E-state index contributed by atoms with van der Waals surface area (Å²) in [5.41, 5.74) is 1.11. The molecule has 0 radical (unpaired) electrons. The van der Waals surface area contributed by atoms with Crippen molar-refractivity contribution in [2.75, 3.05) is 0 Å². The lowest BCUT2D eigenvalue weighted by atomic mass is 10.1. The molecule has 0 aliphatic carbocycles. The van der Waals surface area contributed by atoms with Crippen LogP contribution in [0.4, 0.5) is 0 Å². The third-order valence-corrected chi connectivity index (χ3v) is 3.36. The molecule has 2 aromatic carbocycles. The van der Waals surface area contributed by atoms with Gasteiger partial charge in [0, 0.05) is 11.1 Å². The van der Waals surface area contributed by atoms with Crippen LogP contribution in [-0.4, -0.2) is 10.5 Å². The van der Waals surface area contributed by atoms with Crippen molar-refractivity contribution in [1.82, 2.24) is 10.3 Å². The number of benzene rings is 2. The van der Waals surface area contributed by atoms with Gasteiger partial charge in [0.05, 0.1) is 12.7 Å². The highest BCUT2D eigenvalue weighted by Crippen LogP contribution is 2.25. The largest absolute Gasteiger partial charge is 0.439 e. The molecule has 21 heavy (non-hydrogen) atoms. The zero-order valence-electron chi connectivity index (χ0n) is 12.7. The van der Waals surface area contributed by atoms with E-state index in [4.69, 9.17) is 4.42 Å². The first-order valence-corrected chi connectivity index (χ1v) is 7.20. The van der Waals surface area contributed by atoms with Crippen LogP contribution in [0, 0.1) is 0 Å². The molecule has 0 atom stereocenters. The highest BCUT2D eigenvalue weighted by molar-refractivity contribution is 5.86. The number of hydrogen-bond donors (Lipinski definition) is 1. The van der Waals surface area contributed by atoms with E-state index in [1.807, 2.05) is 12.1 Å². The van der Waals surface area contributed by atoms with Crippen LogP contribution in [0.1, 0.15) is 26.7 Å². The lowest BCUT2D eigenvalue weighted by molar-refractivity contribution is 0.383. The molecule has 1 heterocycles. The predicted molar refractivity (Wildman–Crippen MR) is 86.0 cm³/mol. The van der Waals surface area contributed by atoms with Crippen LogP contribution >= 0.6 is 0 Å². The molecule has 0 unspecified atom stereocenters. The number of hydrogen-bond acceptors (Lipinski definition) is 3. The summed E-state index contributed by atoms with van der Waals surface area (Å²) in [5, 5.41) is 5.82. The first kappa shape index (κ1) is 13.8. The second-order valence-electron chi connectivity index (χ2n) is 6.28. The third-order valence-electron chi connectivity index (χ3n) is 3.36. The molecule has 0 aliphatic heterocycles. The van der Waals surface area contributed by atoms with Crippen molar-refractivity contribution in [3.8, 4) is 11.3 Å². The van der Waals surface area contributed by atoms with Crippen molar-refractivity contribution >= 4 is 10.8 Å². The topological polar surface area (TPSA) is 38.1 Å². The number of aromatic nitrogens is 1. The Morgan fingerprint density at radius 1 is 1.05 bits per heavy atom. The lowest BCUT2D eigenvalue weighted by Crippen LogP contribution is -2.35.